The Kier molecular flexibility index (Phi) is 6.18. The number of amides is 2. The summed E-state index contributed by atoms with van der Waals surface area (Å²) in [6, 6.07) is 19.3. The van der Waals surface area contributed by atoms with Gasteiger partial charge in [0.25, 0.3) is 11.8 Å². The summed E-state index contributed by atoms with van der Waals surface area (Å²) < 4.78 is 17.2. The zero-order chi connectivity index (χ0) is 23.5. The van der Waals surface area contributed by atoms with E-state index in [9.17, 15) is 9.59 Å². The smallest absolute Gasteiger partial charge is 0.266 e. The van der Waals surface area contributed by atoms with Crippen LogP contribution >= 0.6 is 0 Å². The number of fused-ring (bicyclic) bond motifs is 1. The average molecular weight is 459 g/mol. The molecule has 0 saturated carbocycles. The summed E-state index contributed by atoms with van der Waals surface area (Å²) in [5.74, 6) is 1.43. The molecule has 0 aliphatic carbocycles. The van der Waals surface area contributed by atoms with E-state index in [4.69, 9.17) is 14.2 Å². The number of carbonyl (C=O) groups excluding carboxylic acids is 2. The van der Waals surface area contributed by atoms with Crippen LogP contribution in [0.5, 0.6) is 23.0 Å². The van der Waals surface area contributed by atoms with Crippen molar-refractivity contribution >= 4 is 17.5 Å². The molecule has 0 unspecified atom stereocenters. The van der Waals surface area contributed by atoms with Gasteiger partial charge in [0.05, 0.1) is 23.9 Å². The number of benzene rings is 3. The van der Waals surface area contributed by atoms with E-state index in [0.717, 1.165) is 24.5 Å². The molecule has 2 amide bonds. The summed E-state index contributed by atoms with van der Waals surface area (Å²) in [6.45, 7) is 3.62. The topological polar surface area (TPSA) is 68.3 Å². The third kappa shape index (κ3) is 4.34. The van der Waals surface area contributed by atoms with E-state index < -0.39 is 5.91 Å². The number of methoxy groups -OCH3 is 1. The second-order valence-electron chi connectivity index (χ2n) is 8.30. The Bertz CT molecular complexity index is 1200. The molecule has 0 atom stereocenters. The molecule has 5 rings (SSSR count). The Morgan fingerprint density at radius 3 is 2.32 bits per heavy atom. The van der Waals surface area contributed by atoms with Crippen LogP contribution < -0.4 is 19.1 Å². The van der Waals surface area contributed by atoms with Crippen molar-refractivity contribution < 1.29 is 23.8 Å². The standard InChI is InChI=1S/C27H26N2O5/c1-32-25-17-19(9-12-24(25)33-16-15-28-13-5-6-14-28)29-26(30)22-11-10-21(18-23(22)27(29)31)34-20-7-3-2-4-8-20/h2-4,7-12,17-18H,5-6,13-16H2,1H3. The second-order valence-corrected chi connectivity index (χ2v) is 8.30. The SMILES string of the molecule is COc1cc(N2C(=O)c3ccc(Oc4ccccc4)cc3C2=O)ccc1OCCN1CCCC1. The highest BCUT2D eigenvalue weighted by Crippen LogP contribution is 2.36. The van der Waals surface area contributed by atoms with Gasteiger partial charge in [-0.1, -0.05) is 18.2 Å². The monoisotopic (exact) mass is 458 g/mol. The lowest BCUT2D eigenvalue weighted by atomic mass is 10.1. The minimum absolute atomic E-state index is 0.309. The maximum atomic E-state index is 13.2. The van der Waals surface area contributed by atoms with Crippen molar-refractivity contribution in [3.05, 3.63) is 77.9 Å². The summed E-state index contributed by atoms with van der Waals surface area (Å²) in [7, 11) is 1.54. The Balaban J connectivity index is 1.33. The molecule has 0 aromatic heterocycles. The Hall–Kier alpha value is -3.84. The van der Waals surface area contributed by atoms with Gasteiger partial charge in [0.1, 0.15) is 18.1 Å². The first-order chi connectivity index (χ1) is 16.6. The van der Waals surface area contributed by atoms with Gasteiger partial charge in [-0.3, -0.25) is 14.5 Å². The molecular weight excluding hydrogens is 432 g/mol. The Morgan fingerprint density at radius 2 is 1.56 bits per heavy atom. The first-order valence-electron chi connectivity index (χ1n) is 11.4. The molecule has 7 heteroatoms. The van der Waals surface area contributed by atoms with Crippen LogP contribution in [0.15, 0.2) is 66.7 Å². The summed E-state index contributed by atoms with van der Waals surface area (Å²) in [5, 5.41) is 0. The molecule has 0 spiro atoms. The quantitative estimate of drug-likeness (QED) is 0.453. The van der Waals surface area contributed by atoms with Gasteiger partial charge in [-0.2, -0.15) is 0 Å². The summed E-state index contributed by atoms with van der Waals surface area (Å²) in [5.41, 5.74) is 1.08. The fourth-order valence-electron chi connectivity index (χ4n) is 4.35. The molecule has 7 nitrogen and oxygen atoms in total. The van der Waals surface area contributed by atoms with Gasteiger partial charge < -0.3 is 14.2 Å². The molecule has 2 aliphatic heterocycles. The van der Waals surface area contributed by atoms with Crippen molar-refractivity contribution in [1.29, 1.82) is 0 Å². The highest BCUT2D eigenvalue weighted by molar-refractivity contribution is 6.34. The van der Waals surface area contributed by atoms with Gasteiger partial charge >= 0.3 is 0 Å². The predicted molar refractivity (Wildman–Crippen MR) is 128 cm³/mol. The zero-order valence-electron chi connectivity index (χ0n) is 19.0. The van der Waals surface area contributed by atoms with Crippen LogP contribution in [0.4, 0.5) is 5.69 Å². The third-order valence-electron chi connectivity index (χ3n) is 6.11. The van der Waals surface area contributed by atoms with Gasteiger partial charge in [-0.15, -0.1) is 0 Å². The van der Waals surface area contributed by atoms with E-state index in [0.29, 0.717) is 46.4 Å². The average Bonchev–Trinajstić information content (AvgIpc) is 3.46. The van der Waals surface area contributed by atoms with Crippen molar-refractivity contribution in [2.75, 3.05) is 38.3 Å². The number of anilines is 1. The molecule has 174 valence electrons. The number of nitrogens with zero attached hydrogens (tertiary/aromatic N) is 2. The molecule has 34 heavy (non-hydrogen) atoms. The number of hydrogen-bond donors (Lipinski definition) is 0. The number of imide groups is 1. The van der Waals surface area contributed by atoms with E-state index in [1.165, 1.54) is 12.8 Å². The van der Waals surface area contributed by atoms with Crippen LogP contribution in [0.3, 0.4) is 0 Å². The summed E-state index contributed by atoms with van der Waals surface area (Å²) in [4.78, 5) is 29.8. The number of hydrogen-bond acceptors (Lipinski definition) is 6. The van der Waals surface area contributed by atoms with E-state index in [1.54, 1.807) is 43.5 Å². The van der Waals surface area contributed by atoms with Crippen LogP contribution in [-0.4, -0.2) is 50.1 Å². The van der Waals surface area contributed by atoms with Crippen molar-refractivity contribution in [1.82, 2.24) is 4.90 Å². The number of ether oxygens (including phenoxy) is 3. The van der Waals surface area contributed by atoms with Crippen LogP contribution in [0.2, 0.25) is 0 Å². The minimum Gasteiger partial charge on any atom is -0.493 e. The van der Waals surface area contributed by atoms with Crippen LogP contribution in [0.25, 0.3) is 0 Å². The second kappa shape index (κ2) is 9.57. The first kappa shape index (κ1) is 22.0. The molecule has 3 aromatic carbocycles. The molecule has 3 aromatic rings. The highest BCUT2D eigenvalue weighted by atomic mass is 16.5. The molecule has 0 radical (unpaired) electrons. The fourth-order valence-corrected chi connectivity index (χ4v) is 4.35. The van der Waals surface area contributed by atoms with Gasteiger partial charge in [-0.05, 0) is 68.4 Å². The van der Waals surface area contributed by atoms with Crippen molar-refractivity contribution in [3.63, 3.8) is 0 Å². The van der Waals surface area contributed by atoms with Crippen molar-refractivity contribution in [3.8, 4) is 23.0 Å². The maximum absolute atomic E-state index is 13.2. The minimum atomic E-state index is -0.400. The van der Waals surface area contributed by atoms with E-state index >= 15 is 0 Å². The molecule has 1 saturated heterocycles. The lowest BCUT2D eigenvalue weighted by Crippen LogP contribution is -2.29. The van der Waals surface area contributed by atoms with E-state index in [2.05, 4.69) is 4.90 Å². The maximum Gasteiger partial charge on any atom is 0.266 e. The van der Waals surface area contributed by atoms with Gasteiger partial charge in [0, 0.05) is 12.6 Å². The molecule has 1 fully saturated rings. The number of carbonyl (C=O) groups is 2. The fraction of sp³-hybridized carbons (Fsp3) is 0.259. The highest BCUT2D eigenvalue weighted by Gasteiger charge is 2.37. The number of rotatable bonds is 8. The largest absolute Gasteiger partial charge is 0.493 e. The summed E-state index contributed by atoms with van der Waals surface area (Å²) in [6.07, 6.45) is 2.47. The Labute approximate surface area is 198 Å². The predicted octanol–water partition coefficient (Wildman–Crippen LogP) is 4.76. The molecule has 0 N–H and O–H groups in total. The van der Waals surface area contributed by atoms with Crippen LogP contribution in [0.1, 0.15) is 33.6 Å². The van der Waals surface area contributed by atoms with E-state index in [-0.39, 0.29) is 5.91 Å². The lowest BCUT2D eigenvalue weighted by molar-refractivity contribution is 0.0926. The van der Waals surface area contributed by atoms with Gasteiger partial charge in [0.2, 0.25) is 0 Å². The van der Waals surface area contributed by atoms with Crippen LogP contribution in [0, 0.1) is 0 Å². The number of likely N-dealkylation sites (tertiary alicyclic amines) is 1. The van der Waals surface area contributed by atoms with Gasteiger partial charge in [0.15, 0.2) is 11.5 Å². The van der Waals surface area contributed by atoms with Crippen molar-refractivity contribution in [2.45, 2.75) is 12.8 Å². The lowest BCUT2D eigenvalue weighted by Gasteiger charge is -2.18. The van der Waals surface area contributed by atoms with E-state index in [1.807, 2.05) is 30.3 Å². The Morgan fingerprint density at radius 1 is 0.794 bits per heavy atom. The van der Waals surface area contributed by atoms with Crippen molar-refractivity contribution in [2.24, 2.45) is 0 Å². The first-order valence-corrected chi connectivity index (χ1v) is 11.4. The summed E-state index contributed by atoms with van der Waals surface area (Å²) >= 11 is 0. The normalized spacial score (nSPS) is 15.5. The number of para-hydroxylation sites is 1. The molecule has 0 bridgehead atoms. The molecule has 2 heterocycles. The molecule has 2 aliphatic rings. The zero-order valence-corrected chi connectivity index (χ0v) is 19.0. The van der Waals surface area contributed by atoms with Gasteiger partial charge in [-0.25, -0.2) is 4.90 Å². The van der Waals surface area contributed by atoms with Crippen LogP contribution in [-0.2, 0) is 0 Å². The third-order valence-corrected chi connectivity index (χ3v) is 6.11. The molecular formula is C27H26N2O5.